The first kappa shape index (κ1) is 24.4. The van der Waals surface area contributed by atoms with Crippen LogP contribution in [0.3, 0.4) is 0 Å². The lowest BCUT2D eigenvalue weighted by Crippen LogP contribution is -2.40. The highest BCUT2D eigenvalue weighted by Crippen LogP contribution is 2.43. The third-order valence-corrected chi connectivity index (χ3v) is 6.92. The summed E-state index contributed by atoms with van der Waals surface area (Å²) in [4.78, 5) is 17.8. The SMILES string of the molecule is CC(C)N1CCC(CC(=O)N2C[C@@H]3CNC[C@@H]3[C@H]2c2cccc(F)c2)CC1.Cl.Cl. The number of fused-ring (bicyclic) bond motifs is 1. The van der Waals surface area contributed by atoms with Crippen molar-refractivity contribution in [2.75, 3.05) is 32.7 Å². The molecule has 0 aliphatic carbocycles. The maximum atomic E-state index is 13.8. The largest absolute Gasteiger partial charge is 0.335 e. The fourth-order valence-corrected chi connectivity index (χ4v) is 5.33. The number of nitrogens with zero attached hydrogens (tertiary/aromatic N) is 2. The molecule has 1 aromatic carbocycles. The van der Waals surface area contributed by atoms with Gasteiger partial charge in [-0.2, -0.15) is 0 Å². The summed E-state index contributed by atoms with van der Waals surface area (Å²) in [6.45, 7) is 9.37. The van der Waals surface area contributed by atoms with Crippen LogP contribution in [-0.2, 0) is 4.79 Å². The zero-order chi connectivity index (χ0) is 19.0. The van der Waals surface area contributed by atoms with Gasteiger partial charge < -0.3 is 15.1 Å². The summed E-state index contributed by atoms with van der Waals surface area (Å²) in [5, 5.41) is 3.46. The normalized spacial score (nSPS) is 27.4. The Hall–Kier alpha value is -0.880. The van der Waals surface area contributed by atoms with Crippen LogP contribution in [0.2, 0.25) is 0 Å². The number of amides is 1. The van der Waals surface area contributed by atoms with Gasteiger partial charge in [0.05, 0.1) is 6.04 Å². The number of carbonyl (C=O) groups is 1. The van der Waals surface area contributed by atoms with Crippen molar-refractivity contribution in [3.8, 4) is 0 Å². The molecule has 7 heteroatoms. The molecule has 0 bridgehead atoms. The Kier molecular flexibility index (Phi) is 8.77. The Morgan fingerprint density at radius 3 is 2.59 bits per heavy atom. The standard InChI is InChI=1S/C22H32FN3O.2ClH/c1-15(2)25-8-6-16(7-9-25)10-21(27)26-14-18-12-24-13-20(18)22(26)17-4-3-5-19(23)11-17;;/h3-5,11,15-16,18,20,22,24H,6-10,12-14H2,1-2H3;2*1H/t18-,20-,22+;;/m0../s1. The minimum Gasteiger partial charge on any atom is -0.335 e. The second kappa shape index (κ2) is 10.4. The van der Waals surface area contributed by atoms with Gasteiger partial charge in [-0.3, -0.25) is 4.79 Å². The number of nitrogens with one attached hydrogen (secondary N) is 1. The van der Waals surface area contributed by atoms with Gasteiger partial charge in [0.1, 0.15) is 5.82 Å². The molecule has 3 fully saturated rings. The molecule has 1 N–H and O–H groups in total. The Morgan fingerprint density at radius 1 is 1.21 bits per heavy atom. The molecule has 1 aromatic rings. The number of likely N-dealkylation sites (tertiary alicyclic amines) is 2. The molecule has 3 aliphatic heterocycles. The van der Waals surface area contributed by atoms with Crippen molar-refractivity contribution in [1.29, 1.82) is 0 Å². The molecule has 0 aromatic heterocycles. The highest BCUT2D eigenvalue weighted by Gasteiger charge is 2.46. The van der Waals surface area contributed by atoms with Crippen LogP contribution in [0.1, 0.15) is 44.7 Å². The summed E-state index contributed by atoms with van der Waals surface area (Å²) in [5.41, 5.74) is 0.953. The molecule has 0 unspecified atom stereocenters. The van der Waals surface area contributed by atoms with E-state index in [4.69, 9.17) is 0 Å². The van der Waals surface area contributed by atoms with Crippen LogP contribution in [0, 0.1) is 23.6 Å². The Morgan fingerprint density at radius 2 is 1.93 bits per heavy atom. The number of hydrogen-bond acceptors (Lipinski definition) is 3. The highest BCUT2D eigenvalue weighted by atomic mass is 35.5. The van der Waals surface area contributed by atoms with E-state index in [1.165, 1.54) is 6.07 Å². The van der Waals surface area contributed by atoms with Gasteiger partial charge in [-0.15, -0.1) is 24.8 Å². The van der Waals surface area contributed by atoms with E-state index in [0.717, 1.165) is 51.1 Å². The second-order valence-electron chi connectivity index (χ2n) is 8.91. The lowest BCUT2D eigenvalue weighted by Gasteiger charge is -2.35. The Balaban J connectivity index is 0.00000150. The van der Waals surface area contributed by atoms with Crippen LogP contribution < -0.4 is 5.32 Å². The zero-order valence-electron chi connectivity index (χ0n) is 17.4. The molecule has 0 spiro atoms. The molecule has 0 saturated carbocycles. The predicted octanol–water partition coefficient (Wildman–Crippen LogP) is 3.90. The average Bonchev–Trinajstić information content (AvgIpc) is 3.23. The van der Waals surface area contributed by atoms with Gasteiger partial charge in [0, 0.05) is 38.0 Å². The molecule has 1 amide bonds. The van der Waals surface area contributed by atoms with Crippen molar-refractivity contribution in [1.82, 2.24) is 15.1 Å². The van der Waals surface area contributed by atoms with Crippen molar-refractivity contribution in [2.24, 2.45) is 17.8 Å². The first-order valence-electron chi connectivity index (χ1n) is 10.5. The van der Waals surface area contributed by atoms with E-state index in [0.29, 0.717) is 30.2 Å². The fraction of sp³-hybridized carbons (Fsp3) is 0.682. The minimum atomic E-state index is -0.213. The molecule has 4 nitrogen and oxygen atoms in total. The molecular weight excluding hydrogens is 412 g/mol. The maximum Gasteiger partial charge on any atom is 0.223 e. The molecule has 3 heterocycles. The predicted molar refractivity (Wildman–Crippen MR) is 119 cm³/mol. The molecule has 3 aliphatic rings. The maximum absolute atomic E-state index is 13.8. The first-order valence-corrected chi connectivity index (χ1v) is 10.5. The molecule has 3 atom stereocenters. The molecule has 3 saturated heterocycles. The van der Waals surface area contributed by atoms with E-state index < -0.39 is 0 Å². The van der Waals surface area contributed by atoms with Gasteiger partial charge >= 0.3 is 0 Å². The minimum absolute atomic E-state index is 0. The first-order chi connectivity index (χ1) is 13.0. The van der Waals surface area contributed by atoms with Gasteiger partial charge in [-0.05, 0) is 69.3 Å². The summed E-state index contributed by atoms with van der Waals surface area (Å²) in [5.74, 6) is 1.43. The number of halogens is 3. The number of rotatable bonds is 4. The van der Waals surface area contributed by atoms with Crippen molar-refractivity contribution in [3.05, 3.63) is 35.6 Å². The van der Waals surface area contributed by atoms with Crippen LogP contribution in [-0.4, -0.2) is 54.5 Å². The quantitative estimate of drug-likeness (QED) is 0.762. The zero-order valence-corrected chi connectivity index (χ0v) is 19.0. The summed E-state index contributed by atoms with van der Waals surface area (Å²) in [7, 11) is 0. The van der Waals surface area contributed by atoms with E-state index in [1.54, 1.807) is 12.1 Å². The highest BCUT2D eigenvalue weighted by molar-refractivity contribution is 5.85. The van der Waals surface area contributed by atoms with E-state index in [2.05, 4.69) is 29.0 Å². The summed E-state index contributed by atoms with van der Waals surface area (Å²) < 4.78 is 13.8. The lowest BCUT2D eigenvalue weighted by atomic mass is 9.89. The molecule has 4 rings (SSSR count). The van der Waals surface area contributed by atoms with Gasteiger partial charge in [0.15, 0.2) is 0 Å². The number of benzene rings is 1. The van der Waals surface area contributed by atoms with E-state index in [1.807, 2.05) is 6.07 Å². The van der Waals surface area contributed by atoms with Crippen molar-refractivity contribution >= 4 is 30.7 Å². The number of carbonyl (C=O) groups excluding carboxylic acids is 1. The van der Waals surface area contributed by atoms with Gasteiger partial charge in [-0.1, -0.05) is 12.1 Å². The molecule has 164 valence electrons. The van der Waals surface area contributed by atoms with Crippen molar-refractivity contribution in [2.45, 2.75) is 45.2 Å². The van der Waals surface area contributed by atoms with Crippen molar-refractivity contribution < 1.29 is 9.18 Å². The smallest absolute Gasteiger partial charge is 0.223 e. The second-order valence-corrected chi connectivity index (χ2v) is 8.91. The van der Waals surface area contributed by atoms with Crippen LogP contribution in [0.15, 0.2) is 24.3 Å². The van der Waals surface area contributed by atoms with Crippen molar-refractivity contribution in [3.63, 3.8) is 0 Å². The lowest BCUT2D eigenvalue weighted by molar-refractivity contribution is -0.134. The Bertz CT molecular complexity index is 682. The topological polar surface area (TPSA) is 35.6 Å². The van der Waals surface area contributed by atoms with Gasteiger partial charge in [0.25, 0.3) is 0 Å². The van der Waals surface area contributed by atoms with Crippen LogP contribution in [0.4, 0.5) is 4.39 Å². The fourth-order valence-electron chi connectivity index (χ4n) is 5.33. The summed E-state index contributed by atoms with van der Waals surface area (Å²) in [6, 6.07) is 7.46. The summed E-state index contributed by atoms with van der Waals surface area (Å²) in [6.07, 6.45) is 2.86. The molecule has 0 radical (unpaired) electrons. The van der Waals surface area contributed by atoms with Gasteiger partial charge in [0.2, 0.25) is 5.91 Å². The molecule has 29 heavy (non-hydrogen) atoms. The third kappa shape index (κ3) is 5.25. The van der Waals surface area contributed by atoms with E-state index in [-0.39, 0.29) is 42.6 Å². The average molecular weight is 446 g/mol. The van der Waals surface area contributed by atoms with E-state index >= 15 is 0 Å². The summed E-state index contributed by atoms with van der Waals surface area (Å²) >= 11 is 0. The van der Waals surface area contributed by atoms with Crippen LogP contribution in [0.25, 0.3) is 0 Å². The number of piperidine rings is 1. The third-order valence-electron chi connectivity index (χ3n) is 6.92. The van der Waals surface area contributed by atoms with Crippen LogP contribution >= 0.6 is 24.8 Å². The Labute approximate surface area is 186 Å². The number of hydrogen-bond donors (Lipinski definition) is 1. The van der Waals surface area contributed by atoms with Crippen LogP contribution in [0.5, 0.6) is 0 Å². The van der Waals surface area contributed by atoms with E-state index in [9.17, 15) is 9.18 Å². The monoisotopic (exact) mass is 445 g/mol. The van der Waals surface area contributed by atoms with Gasteiger partial charge in [-0.25, -0.2) is 4.39 Å². The molecular formula is C22H34Cl2FN3O.